The predicted octanol–water partition coefficient (Wildman–Crippen LogP) is 4.56. The Kier molecular flexibility index (Phi) is 3.10. The number of halogens is 3. The molecule has 1 aromatic heterocycles. The first kappa shape index (κ1) is 15.0. The SMILES string of the molecule is O=c1ccn(C2(c3ccc(C(F)(F)F)cc3)CC2)c2ccccc12. The van der Waals surface area contributed by atoms with Crippen LogP contribution in [0.1, 0.15) is 24.0 Å². The van der Waals surface area contributed by atoms with Gasteiger partial charge in [-0.25, -0.2) is 0 Å². The summed E-state index contributed by atoms with van der Waals surface area (Å²) in [6.45, 7) is 0. The molecule has 1 aliphatic carbocycles. The van der Waals surface area contributed by atoms with Gasteiger partial charge in [-0.3, -0.25) is 4.79 Å². The fraction of sp³-hybridized carbons (Fsp3) is 0.211. The molecule has 122 valence electrons. The van der Waals surface area contributed by atoms with E-state index in [9.17, 15) is 18.0 Å². The maximum absolute atomic E-state index is 12.8. The number of para-hydroxylation sites is 1. The van der Waals surface area contributed by atoms with E-state index in [1.54, 1.807) is 24.4 Å². The van der Waals surface area contributed by atoms with Gasteiger partial charge in [0.25, 0.3) is 0 Å². The lowest BCUT2D eigenvalue weighted by atomic mass is 10.0. The Labute approximate surface area is 136 Å². The van der Waals surface area contributed by atoms with Crippen molar-refractivity contribution in [2.45, 2.75) is 24.6 Å². The summed E-state index contributed by atoms with van der Waals surface area (Å²) in [6, 6.07) is 14.2. The molecule has 1 heterocycles. The van der Waals surface area contributed by atoms with E-state index in [1.807, 2.05) is 22.8 Å². The van der Waals surface area contributed by atoms with Crippen LogP contribution in [0.25, 0.3) is 10.9 Å². The van der Waals surface area contributed by atoms with Crippen molar-refractivity contribution in [2.24, 2.45) is 0 Å². The number of alkyl halides is 3. The van der Waals surface area contributed by atoms with Gasteiger partial charge in [0.1, 0.15) is 0 Å². The lowest BCUT2D eigenvalue weighted by Gasteiger charge is -2.23. The van der Waals surface area contributed by atoms with Crippen LogP contribution < -0.4 is 5.43 Å². The van der Waals surface area contributed by atoms with Crippen molar-refractivity contribution in [1.82, 2.24) is 4.57 Å². The molecule has 0 N–H and O–H groups in total. The molecule has 0 atom stereocenters. The molecule has 4 rings (SSSR count). The van der Waals surface area contributed by atoms with Crippen molar-refractivity contribution < 1.29 is 13.2 Å². The van der Waals surface area contributed by atoms with Gasteiger partial charge in [0.05, 0.1) is 16.6 Å². The quantitative estimate of drug-likeness (QED) is 0.676. The molecular formula is C19H14F3NO. The summed E-state index contributed by atoms with van der Waals surface area (Å²) < 4.78 is 40.3. The zero-order valence-electron chi connectivity index (χ0n) is 12.7. The normalized spacial score (nSPS) is 16.3. The second kappa shape index (κ2) is 4.97. The van der Waals surface area contributed by atoms with E-state index < -0.39 is 11.7 Å². The maximum atomic E-state index is 12.8. The van der Waals surface area contributed by atoms with Gasteiger partial charge < -0.3 is 4.57 Å². The number of fused-ring (bicyclic) bond motifs is 1. The van der Waals surface area contributed by atoms with Crippen LogP contribution in [0.2, 0.25) is 0 Å². The number of hydrogen-bond donors (Lipinski definition) is 0. The van der Waals surface area contributed by atoms with Gasteiger partial charge in [-0.05, 0) is 42.7 Å². The van der Waals surface area contributed by atoms with Crippen LogP contribution in [-0.4, -0.2) is 4.57 Å². The molecular weight excluding hydrogens is 315 g/mol. The molecule has 0 unspecified atom stereocenters. The molecule has 0 radical (unpaired) electrons. The third-order valence-electron chi connectivity index (χ3n) is 4.74. The molecule has 1 aliphatic rings. The second-order valence-electron chi connectivity index (χ2n) is 6.17. The average molecular weight is 329 g/mol. The monoisotopic (exact) mass is 329 g/mol. The maximum Gasteiger partial charge on any atom is 0.416 e. The van der Waals surface area contributed by atoms with Crippen molar-refractivity contribution >= 4 is 10.9 Å². The highest BCUT2D eigenvalue weighted by atomic mass is 19.4. The van der Waals surface area contributed by atoms with Crippen molar-refractivity contribution in [3.05, 3.63) is 82.1 Å². The molecule has 2 nitrogen and oxygen atoms in total. The van der Waals surface area contributed by atoms with E-state index in [0.717, 1.165) is 36.1 Å². The van der Waals surface area contributed by atoms with Crippen molar-refractivity contribution in [3.8, 4) is 0 Å². The smallest absolute Gasteiger partial charge is 0.337 e. The Morgan fingerprint density at radius 1 is 0.917 bits per heavy atom. The number of benzene rings is 2. The minimum absolute atomic E-state index is 0.0509. The number of aromatic nitrogens is 1. The number of pyridine rings is 1. The van der Waals surface area contributed by atoms with Gasteiger partial charge in [-0.2, -0.15) is 13.2 Å². The van der Waals surface area contributed by atoms with Crippen molar-refractivity contribution in [2.75, 3.05) is 0 Å². The Bertz CT molecular complexity index is 966. The molecule has 5 heteroatoms. The summed E-state index contributed by atoms with van der Waals surface area (Å²) in [7, 11) is 0. The molecule has 0 amide bonds. The highest BCUT2D eigenvalue weighted by molar-refractivity contribution is 5.79. The largest absolute Gasteiger partial charge is 0.416 e. The van der Waals surface area contributed by atoms with Crippen LogP contribution in [0.4, 0.5) is 13.2 Å². The minimum Gasteiger partial charge on any atom is -0.337 e. The summed E-state index contributed by atoms with van der Waals surface area (Å²) >= 11 is 0. The Morgan fingerprint density at radius 2 is 1.58 bits per heavy atom. The summed E-state index contributed by atoms with van der Waals surface area (Å²) in [5, 5.41) is 0.623. The number of nitrogens with zero attached hydrogens (tertiary/aromatic N) is 1. The first-order valence-corrected chi connectivity index (χ1v) is 7.70. The third kappa shape index (κ3) is 2.23. The molecule has 0 saturated heterocycles. The highest BCUT2D eigenvalue weighted by Crippen LogP contribution is 2.50. The second-order valence-corrected chi connectivity index (χ2v) is 6.17. The molecule has 0 aliphatic heterocycles. The van der Waals surface area contributed by atoms with Crippen molar-refractivity contribution in [1.29, 1.82) is 0 Å². The van der Waals surface area contributed by atoms with Crippen LogP contribution in [0.3, 0.4) is 0 Å². The topological polar surface area (TPSA) is 22.0 Å². The Balaban J connectivity index is 1.85. The minimum atomic E-state index is -4.33. The highest BCUT2D eigenvalue weighted by Gasteiger charge is 2.46. The molecule has 24 heavy (non-hydrogen) atoms. The summed E-state index contributed by atoms with van der Waals surface area (Å²) in [5.41, 5.74) is 0.584. The summed E-state index contributed by atoms with van der Waals surface area (Å²) in [5.74, 6) is 0. The lowest BCUT2D eigenvalue weighted by Crippen LogP contribution is -2.21. The first-order chi connectivity index (χ1) is 11.4. The zero-order valence-corrected chi connectivity index (χ0v) is 12.7. The van der Waals surface area contributed by atoms with E-state index in [4.69, 9.17) is 0 Å². The first-order valence-electron chi connectivity index (χ1n) is 7.70. The van der Waals surface area contributed by atoms with E-state index in [0.29, 0.717) is 5.39 Å². The van der Waals surface area contributed by atoms with Crippen molar-refractivity contribution in [3.63, 3.8) is 0 Å². The van der Waals surface area contributed by atoms with Gasteiger partial charge in [0.15, 0.2) is 5.43 Å². The van der Waals surface area contributed by atoms with Crippen LogP contribution >= 0.6 is 0 Å². The molecule has 2 aromatic carbocycles. The van der Waals surface area contributed by atoms with E-state index in [2.05, 4.69) is 0 Å². The standard InChI is InChI=1S/C19H14F3NO/c20-19(21,22)14-7-5-13(6-8-14)18(10-11-18)23-12-9-17(24)15-3-1-2-4-16(15)23/h1-9,12H,10-11H2. The predicted molar refractivity (Wildman–Crippen MR) is 86.0 cm³/mol. The van der Waals surface area contributed by atoms with Crippen LogP contribution in [-0.2, 0) is 11.7 Å². The molecule has 3 aromatic rings. The van der Waals surface area contributed by atoms with Gasteiger partial charge in [-0.1, -0.05) is 24.3 Å². The van der Waals surface area contributed by atoms with Gasteiger partial charge in [0.2, 0.25) is 0 Å². The number of hydrogen-bond acceptors (Lipinski definition) is 1. The fourth-order valence-corrected chi connectivity index (χ4v) is 3.33. The molecule has 1 fully saturated rings. The molecule has 0 spiro atoms. The van der Waals surface area contributed by atoms with Crippen LogP contribution in [0, 0.1) is 0 Å². The van der Waals surface area contributed by atoms with Crippen LogP contribution in [0.5, 0.6) is 0 Å². The Hall–Kier alpha value is -2.56. The summed E-state index contributed by atoms with van der Waals surface area (Å²) in [4.78, 5) is 12.0. The average Bonchev–Trinajstić information content (AvgIpc) is 3.36. The van der Waals surface area contributed by atoms with E-state index in [1.165, 1.54) is 6.07 Å². The fourth-order valence-electron chi connectivity index (χ4n) is 3.33. The summed E-state index contributed by atoms with van der Waals surface area (Å²) in [6.07, 6.45) is -0.912. The van der Waals surface area contributed by atoms with Gasteiger partial charge in [0, 0.05) is 17.6 Å². The van der Waals surface area contributed by atoms with E-state index >= 15 is 0 Å². The van der Waals surface area contributed by atoms with Gasteiger partial charge >= 0.3 is 6.18 Å². The third-order valence-corrected chi connectivity index (χ3v) is 4.74. The number of rotatable bonds is 2. The van der Waals surface area contributed by atoms with E-state index in [-0.39, 0.29) is 11.0 Å². The Morgan fingerprint density at radius 3 is 2.21 bits per heavy atom. The molecule has 0 bridgehead atoms. The molecule has 1 saturated carbocycles. The lowest BCUT2D eigenvalue weighted by molar-refractivity contribution is -0.137. The van der Waals surface area contributed by atoms with Crippen LogP contribution in [0.15, 0.2) is 65.6 Å². The van der Waals surface area contributed by atoms with Gasteiger partial charge in [-0.15, -0.1) is 0 Å². The zero-order chi connectivity index (χ0) is 16.9.